The van der Waals surface area contributed by atoms with Crippen molar-refractivity contribution in [3.8, 4) is 5.75 Å². The molecule has 3 amide bonds. The highest BCUT2D eigenvalue weighted by atomic mass is 35.5. The van der Waals surface area contributed by atoms with Crippen LogP contribution >= 0.6 is 11.6 Å². The van der Waals surface area contributed by atoms with E-state index in [2.05, 4.69) is 5.32 Å². The summed E-state index contributed by atoms with van der Waals surface area (Å²) >= 11 is 6.17. The Kier molecular flexibility index (Phi) is 4.63. The average Bonchev–Trinajstić information content (AvgIpc) is 2.81. The Morgan fingerprint density at radius 1 is 1.16 bits per heavy atom. The van der Waals surface area contributed by atoms with Crippen molar-refractivity contribution in [2.75, 3.05) is 13.2 Å². The molecule has 5 nitrogen and oxygen atoms in total. The Hall–Kier alpha value is -2.60. The minimum Gasteiger partial charge on any atom is -0.492 e. The van der Waals surface area contributed by atoms with Crippen LogP contribution < -0.4 is 10.1 Å². The summed E-state index contributed by atoms with van der Waals surface area (Å²) in [5, 5.41) is 3.10. The molecule has 0 unspecified atom stereocenters. The predicted molar refractivity (Wildman–Crippen MR) is 90.9 cm³/mol. The van der Waals surface area contributed by atoms with Gasteiger partial charge in [-0.2, -0.15) is 0 Å². The maximum absolute atomic E-state index is 12.9. The summed E-state index contributed by atoms with van der Waals surface area (Å²) in [5.74, 6) is -0.299. The Morgan fingerprint density at radius 3 is 2.52 bits per heavy atom. The minimum absolute atomic E-state index is 0.0715. The van der Waals surface area contributed by atoms with Crippen LogP contribution in [-0.4, -0.2) is 30.0 Å². The number of carbonyl (C=O) groups excluding carboxylic acids is 2. The lowest BCUT2D eigenvalue weighted by atomic mass is 9.92. The highest BCUT2D eigenvalue weighted by Gasteiger charge is 2.49. The van der Waals surface area contributed by atoms with Gasteiger partial charge in [0.15, 0.2) is 0 Å². The van der Waals surface area contributed by atoms with Gasteiger partial charge >= 0.3 is 6.03 Å². The number of hydrogen-bond donors (Lipinski definition) is 1. The van der Waals surface area contributed by atoms with E-state index >= 15 is 0 Å². The summed E-state index contributed by atoms with van der Waals surface area (Å²) in [4.78, 5) is 26.1. The number of amides is 3. The van der Waals surface area contributed by atoms with Crippen molar-refractivity contribution < 1.29 is 18.7 Å². The van der Waals surface area contributed by atoms with Crippen LogP contribution in [0.1, 0.15) is 12.5 Å². The van der Waals surface area contributed by atoms with E-state index in [1.54, 1.807) is 31.2 Å². The molecule has 2 aromatic carbocycles. The summed E-state index contributed by atoms with van der Waals surface area (Å²) in [6, 6.07) is 11.9. The predicted octanol–water partition coefficient (Wildman–Crippen LogP) is 3.33. The van der Waals surface area contributed by atoms with Gasteiger partial charge in [-0.15, -0.1) is 0 Å². The van der Waals surface area contributed by atoms with E-state index in [1.165, 1.54) is 24.3 Å². The number of nitrogens with zero attached hydrogens (tertiary/aromatic N) is 1. The number of halogens is 2. The molecular formula is C18H16ClFN2O3. The van der Waals surface area contributed by atoms with Gasteiger partial charge in [0.2, 0.25) is 0 Å². The van der Waals surface area contributed by atoms with Crippen molar-refractivity contribution in [1.82, 2.24) is 10.2 Å². The highest BCUT2D eigenvalue weighted by Crippen LogP contribution is 2.33. The fourth-order valence-corrected chi connectivity index (χ4v) is 3.06. The van der Waals surface area contributed by atoms with Crippen molar-refractivity contribution >= 4 is 23.5 Å². The van der Waals surface area contributed by atoms with Gasteiger partial charge in [0.05, 0.1) is 6.54 Å². The van der Waals surface area contributed by atoms with Crippen molar-refractivity contribution in [1.29, 1.82) is 0 Å². The molecule has 0 spiro atoms. The summed E-state index contributed by atoms with van der Waals surface area (Å²) < 4.78 is 18.3. The highest BCUT2D eigenvalue weighted by molar-refractivity contribution is 6.32. The van der Waals surface area contributed by atoms with Crippen molar-refractivity contribution in [3.63, 3.8) is 0 Å². The molecule has 0 aliphatic carbocycles. The lowest BCUT2D eigenvalue weighted by Crippen LogP contribution is -2.41. The molecule has 0 saturated carbocycles. The topological polar surface area (TPSA) is 58.6 Å². The average molecular weight is 363 g/mol. The molecule has 1 aliphatic heterocycles. The number of ether oxygens (including phenoxy) is 1. The molecule has 0 radical (unpaired) electrons. The quantitative estimate of drug-likeness (QED) is 0.830. The first kappa shape index (κ1) is 17.2. The molecule has 1 heterocycles. The zero-order valence-corrected chi connectivity index (χ0v) is 14.2. The third-order valence-corrected chi connectivity index (χ3v) is 4.41. The SMILES string of the molecule is C[C@@]1(c2ccccc2Cl)NC(=O)N(CCOc2ccc(F)cc2)C1=O. The molecule has 25 heavy (non-hydrogen) atoms. The number of hydrogen-bond acceptors (Lipinski definition) is 3. The smallest absolute Gasteiger partial charge is 0.325 e. The van der Waals surface area contributed by atoms with E-state index in [-0.39, 0.29) is 19.0 Å². The summed E-state index contributed by atoms with van der Waals surface area (Å²) in [6.45, 7) is 1.79. The monoisotopic (exact) mass is 362 g/mol. The first-order valence-corrected chi connectivity index (χ1v) is 8.07. The van der Waals surface area contributed by atoms with Crippen LogP contribution in [0.2, 0.25) is 5.02 Å². The van der Waals surface area contributed by atoms with Gasteiger partial charge in [-0.3, -0.25) is 9.69 Å². The number of urea groups is 1. The minimum atomic E-state index is -1.22. The molecule has 0 bridgehead atoms. The maximum atomic E-state index is 12.9. The molecule has 2 aromatic rings. The number of nitrogens with one attached hydrogen (secondary N) is 1. The van der Waals surface area contributed by atoms with E-state index in [1.807, 2.05) is 0 Å². The Bertz CT molecular complexity index is 812. The molecule has 1 atom stereocenters. The van der Waals surface area contributed by atoms with Gasteiger partial charge in [0.1, 0.15) is 23.7 Å². The second kappa shape index (κ2) is 6.72. The van der Waals surface area contributed by atoms with E-state index in [0.29, 0.717) is 16.3 Å². The third-order valence-electron chi connectivity index (χ3n) is 4.08. The number of rotatable bonds is 5. The zero-order chi connectivity index (χ0) is 18.0. The Morgan fingerprint density at radius 2 is 1.84 bits per heavy atom. The first-order valence-electron chi connectivity index (χ1n) is 7.69. The van der Waals surface area contributed by atoms with Gasteiger partial charge < -0.3 is 10.1 Å². The largest absolute Gasteiger partial charge is 0.492 e. The van der Waals surface area contributed by atoms with E-state index < -0.39 is 17.5 Å². The normalized spacial score (nSPS) is 19.9. The Labute approximate surface area is 149 Å². The number of benzene rings is 2. The van der Waals surface area contributed by atoms with Crippen LogP contribution in [0.4, 0.5) is 9.18 Å². The van der Waals surface area contributed by atoms with Gasteiger partial charge in [0, 0.05) is 10.6 Å². The van der Waals surface area contributed by atoms with Crippen LogP contribution in [0, 0.1) is 5.82 Å². The van der Waals surface area contributed by atoms with E-state index in [0.717, 1.165) is 4.90 Å². The fourth-order valence-electron chi connectivity index (χ4n) is 2.73. The van der Waals surface area contributed by atoms with Crippen LogP contribution in [0.5, 0.6) is 5.75 Å². The number of imide groups is 1. The maximum Gasteiger partial charge on any atom is 0.325 e. The van der Waals surface area contributed by atoms with Crippen molar-refractivity contribution in [3.05, 3.63) is 64.9 Å². The third kappa shape index (κ3) is 3.30. The number of carbonyl (C=O) groups is 2. The first-order chi connectivity index (χ1) is 11.9. The summed E-state index contributed by atoms with van der Waals surface area (Å²) in [5.41, 5.74) is -0.678. The van der Waals surface area contributed by atoms with Crippen LogP contribution in [0.3, 0.4) is 0 Å². The van der Waals surface area contributed by atoms with Crippen LogP contribution in [0.25, 0.3) is 0 Å². The van der Waals surface area contributed by atoms with Crippen molar-refractivity contribution in [2.45, 2.75) is 12.5 Å². The molecule has 1 N–H and O–H groups in total. The zero-order valence-electron chi connectivity index (χ0n) is 13.5. The molecule has 1 saturated heterocycles. The second-order valence-electron chi connectivity index (χ2n) is 5.79. The van der Waals surface area contributed by atoms with Gasteiger partial charge in [-0.25, -0.2) is 9.18 Å². The molecule has 130 valence electrons. The van der Waals surface area contributed by atoms with Gasteiger partial charge in [-0.1, -0.05) is 29.8 Å². The molecule has 1 aliphatic rings. The summed E-state index contributed by atoms with van der Waals surface area (Å²) in [6.07, 6.45) is 0. The van der Waals surface area contributed by atoms with E-state index in [4.69, 9.17) is 16.3 Å². The molecule has 1 fully saturated rings. The molecule has 7 heteroatoms. The molecule has 0 aromatic heterocycles. The standard InChI is InChI=1S/C18H16ClFN2O3/c1-18(14-4-2-3-5-15(14)19)16(23)22(17(24)21-18)10-11-25-13-8-6-12(20)7-9-13/h2-9H,10-11H2,1H3,(H,21,24)/t18-/m0/s1. The molecule has 3 rings (SSSR count). The van der Waals surface area contributed by atoms with Crippen LogP contribution in [-0.2, 0) is 10.3 Å². The lowest BCUT2D eigenvalue weighted by Gasteiger charge is -2.23. The van der Waals surface area contributed by atoms with Crippen molar-refractivity contribution in [2.24, 2.45) is 0 Å². The second-order valence-corrected chi connectivity index (χ2v) is 6.20. The van der Waals surface area contributed by atoms with Crippen LogP contribution in [0.15, 0.2) is 48.5 Å². The fraction of sp³-hybridized carbons (Fsp3) is 0.222. The van der Waals surface area contributed by atoms with Gasteiger partial charge in [-0.05, 0) is 37.3 Å². The molecular weight excluding hydrogens is 347 g/mol. The lowest BCUT2D eigenvalue weighted by molar-refractivity contribution is -0.131. The Balaban J connectivity index is 1.69. The van der Waals surface area contributed by atoms with E-state index in [9.17, 15) is 14.0 Å². The summed E-state index contributed by atoms with van der Waals surface area (Å²) in [7, 11) is 0. The van der Waals surface area contributed by atoms with Gasteiger partial charge in [0.25, 0.3) is 5.91 Å².